The largest absolute Gasteiger partial charge is 0.494 e. The average molecular weight is 369 g/mol. The number of carbonyl (C=O) groups excluding carboxylic acids is 1. The Morgan fingerprint density at radius 2 is 2.27 bits per heavy atom. The minimum Gasteiger partial charge on any atom is -0.494 e. The number of anilines is 1. The normalized spacial score (nSPS) is 10.3. The van der Waals surface area contributed by atoms with Crippen molar-refractivity contribution in [1.82, 2.24) is 9.78 Å². The van der Waals surface area contributed by atoms with Crippen LogP contribution in [-0.4, -0.2) is 27.2 Å². The maximum atomic E-state index is 12.2. The van der Waals surface area contributed by atoms with Gasteiger partial charge in [0.15, 0.2) is 0 Å². The van der Waals surface area contributed by atoms with Gasteiger partial charge in [0.25, 0.3) is 11.6 Å². The second-order valence-corrected chi connectivity index (χ2v) is 5.14. The molecule has 0 aliphatic heterocycles. The number of ether oxygens (including phenoxy) is 1. The van der Waals surface area contributed by atoms with Crippen LogP contribution in [0.25, 0.3) is 0 Å². The van der Waals surface area contributed by atoms with Gasteiger partial charge < -0.3 is 10.1 Å². The highest BCUT2D eigenvalue weighted by Gasteiger charge is 2.21. The second-order valence-electron chi connectivity index (χ2n) is 4.29. The number of aromatic nitrogens is 2. The zero-order valence-electron chi connectivity index (χ0n) is 11.9. The van der Waals surface area contributed by atoms with Crippen LogP contribution in [0.4, 0.5) is 11.4 Å². The molecular formula is C13H13BrN4O4. The molecule has 1 amide bonds. The van der Waals surface area contributed by atoms with E-state index < -0.39 is 10.8 Å². The minimum atomic E-state index is -0.573. The van der Waals surface area contributed by atoms with E-state index in [1.807, 2.05) is 0 Å². The van der Waals surface area contributed by atoms with Gasteiger partial charge in [0.2, 0.25) is 0 Å². The molecule has 0 radical (unpaired) electrons. The van der Waals surface area contributed by atoms with E-state index in [4.69, 9.17) is 4.74 Å². The van der Waals surface area contributed by atoms with Gasteiger partial charge in [-0.3, -0.25) is 19.6 Å². The number of aryl methyl sites for hydroxylation is 1. The van der Waals surface area contributed by atoms with E-state index in [1.165, 1.54) is 23.0 Å². The first-order chi connectivity index (χ1) is 10.4. The molecule has 9 heteroatoms. The van der Waals surface area contributed by atoms with Crippen molar-refractivity contribution in [1.29, 1.82) is 0 Å². The standard InChI is InChI=1S/C13H13BrN4O4/c1-3-22-8-4-5-10(11(6-8)18(20)21)16-13(19)12-9(14)7-15-17(12)2/h4-7H,3H2,1-2H3,(H,16,19). The van der Waals surface area contributed by atoms with Gasteiger partial charge in [-0.2, -0.15) is 5.10 Å². The number of hydrogen-bond donors (Lipinski definition) is 1. The lowest BCUT2D eigenvalue weighted by Crippen LogP contribution is -2.17. The molecule has 1 N–H and O–H groups in total. The van der Waals surface area contributed by atoms with Crippen LogP contribution in [-0.2, 0) is 7.05 Å². The van der Waals surface area contributed by atoms with E-state index >= 15 is 0 Å². The highest BCUT2D eigenvalue weighted by Crippen LogP contribution is 2.30. The molecule has 1 aromatic heterocycles. The van der Waals surface area contributed by atoms with Gasteiger partial charge in [0.05, 0.1) is 28.3 Å². The van der Waals surface area contributed by atoms with Crippen molar-refractivity contribution in [2.45, 2.75) is 6.92 Å². The summed E-state index contributed by atoms with van der Waals surface area (Å²) in [5.74, 6) is -0.131. The lowest BCUT2D eigenvalue weighted by Gasteiger charge is -2.09. The molecule has 0 fully saturated rings. The maximum absolute atomic E-state index is 12.2. The number of nitrogens with zero attached hydrogens (tertiary/aromatic N) is 3. The Kier molecular flexibility index (Phi) is 4.76. The molecule has 2 aromatic rings. The summed E-state index contributed by atoms with van der Waals surface area (Å²) in [7, 11) is 1.60. The number of nitrogens with one attached hydrogen (secondary N) is 1. The van der Waals surface area contributed by atoms with Crippen LogP contribution in [0.15, 0.2) is 28.9 Å². The summed E-state index contributed by atoms with van der Waals surface area (Å²) >= 11 is 3.21. The zero-order valence-corrected chi connectivity index (χ0v) is 13.5. The smallest absolute Gasteiger partial charge is 0.296 e. The SMILES string of the molecule is CCOc1ccc(NC(=O)c2c(Br)cnn2C)c([N+](=O)[O-])c1. The lowest BCUT2D eigenvalue weighted by molar-refractivity contribution is -0.384. The third kappa shape index (κ3) is 3.25. The van der Waals surface area contributed by atoms with Crippen molar-refractivity contribution < 1.29 is 14.5 Å². The molecule has 0 aliphatic rings. The van der Waals surface area contributed by atoms with Crippen molar-refractivity contribution in [2.75, 3.05) is 11.9 Å². The summed E-state index contributed by atoms with van der Waals surface area (Å²) in [5.41, 5.74) is 0.118. The van der Waals surface area contributed by atoms with Gasteiger partial charge in [-0.1, -0.05) is 0 Å². The molecule has 116 valence electrons. The number of halogens is 1. The predicted octanol–water partition coefficient (Wildman–Crippen LogP) is 2.74. The predicted molar refractivity (Wildman–Crippen MR) is 83.1 cm³/mol. The molecule has 1 heterocycles. The van der Waals surface area contributed by atoms with Crippen LogP contribution < -0.4 is 10.1 Å². The minimum absolute atomic E-state index is 0.0894. The summed E-state index contributed by atoms with van der Waals surface area (Å²) < 4.78 is 7.10. The van der Waals surface area contributed by atoms with Gasteiger partial charge in [0, 0.05) is 7.05 Å². The number of amides is 1. The van der Waals surface area contributed by atoms with Crippen LogP contribution in [0.5, 0.6) is 5.75 Å². The first kappa shape index (κ1) is 16.0. The quantitative estimate of drug-likeness (QED) is 0.645. The Bertz CT molecular complexity index is 709. The van der Waals surface area contributed by atoms with Gasteiger partial charge in [-0.15, -0.1) is 0 Å². The fraction of sp³-hybridized carbons (Fsp3) is 0.231. The summed E-state index contributed by atoms with van der Waals surface area (Å²) in [6, 6.07) is 4.27. The Morgan fingerprint density at radius 3 is 2.82 bits per heavy atom. The average Bonchev–Trinajstić information content (AvgIpc) is 2.80. The Labute approximate surface area is 134 Å². The van der Waals surface area contributed by atoms with Crippen molar-refractivity contribution in [3.63, 3.8) is 0 Å². The highest BCUT2D eigenvalue weighted by atomic mass is 79.9. The van der Waals surface area contributed by atoms with Crippen LogP contribution in [0, 0.1) is 10.1 Å². The fourth-order valence-corrected chi connectivity index (χ4v) is 2.40. The molecule has 0 unspecified atom stereocenters. The van der Waals surface area contributed by atoms with E-state index in [1.54, 1.807) is 20.0 Å². The van der Waals surface area contributed by atoms with Crippen molar-refractivity contribution in [2.24, 2.45) is 7.05 Å². The molecule has 0 saturated carbocycles. The lowest BCUT2D eigenvalue weighted by atomic mass is 10.2. The van der Waals surface area contributed by atoms with Crippen LogP contribution in [0.1, 0.15) is 17.4 Å². The summed E-state index contributed by atoms with van der Waals surface area (Å²) in [6.07, 6.45) is 1.47. The molecule has 0 saturated heterocycles. The topological polar surface area (TPSA) is 99.3 Å². The highest BCUT2D eigenvalue weighted by molar-refractivity contribution is 9.10. The van der Waals surface area contributed by atoms with Gasteiger partial charge >= 0.3 is 0 Å². The van der Waals surface area contributed by atoms with E-state index in [2.05, 4.69) is 26.3 Å². The fourth-order valence-electron chi connectivity index (χ4n) is 1.87. The first-order valence-electron chi connectivity index (χ1n) is 6.34. The van der Waals surface area contributed by atoms with E-state index in [9.17, 15) is 14.9 Å². The number of benzene rings is 1. The summed E-state index contributed by atoms with van der Waals surface area (Å²) in [4.78, 5) is 22.8. The maximum Gasteiger partial charge on any atom is 0.296 e. The first-order valence-corrected chi connectivity index (χ1v) is 7.13. The van der Waals surface area contributed by atoms with Crippen molar-refractivity contribution in [3.8, 4) is 5.75 Å². The third-order valence-corrected chi connectivity index (χ3v) is 3.41. The molecule has 0 bridgehead atoms. The van der Waals surface area contributed by atoms with Crippen molar-refractivity contribution >= 4 is 33.2 Å². The Hall–Kier alpha value is -2.42. The third-order valence-electron chi connectivity index (χ3n) is 2.83. The van der Waals surface area contributed by atoms with E-state index in [0.717, 1.165) is 0 Å². The van der Waals surface area contributed by atoms with Gasteiger partial charge in [-0.05, 0) is 35.0 Å². The number of nitro groups is 1. The molecule has 22 heavy (non-hydrogen) atoms. The molecule has 2 rings (SSSR count). The van der Waals surface area contributed by atoms with Crippen LogP contribution >= 0.6 is 15.9 Å². The van der Waals surface area contributed by atoms with Crippen LogP contribution in [0.2, 0.25) is 0 Å². The number of nitro benzene ring substituents is 1. The zero-order chi connectivity index (χ0) is 16.3. The molecule has 0 atom stereocenters. The van der Waals surface area contributed by atoms with Crippen LogP contribution in [0.3, 0.4) is 0 Å². The molecule has 0 aliphatic carbocycles. The monoisotopic (exact) mass is 368 g/mol. The Morgan fingerprint density at radius 1 is 1.55 bits per heavy atom. The van der Waals surface area contributed by atoms with Gasteiger partial charge in [-0.25, -0.2) is 0 Å². The molecule has 0 spiro atoms. The van der Waals surface area contributed by atoms with E-state index in [0.29, 0.717) is 16.8 Å². The summed E-state index contributed by atoms with van der Waals surface area (Å²) in [6.45, 7) is 2.17. The number of hydrogen-bond acceptors (Lipinski definition) is 5. The van der Waals surface area contributed by atoms with Gasteiger partial charge in [0.1, 0.15) is 17.1 Å². The number of carbonyl (C=O) groups is 1. The Balaban J connectivity index is 2.33. The molecule has 1 aromatic carbocycles. The molecular weight excluding hydrogens is 356 g/mol. The summed E-state index contributed by atoms with van der Waals surface area (Å²) in [5, 5.41) is 17.6. The van der Waals surface area contributed by atoms with Crippen molar-refractivity contribution in [3.05, 3.63) is 44.7 Å². The molecule has 8 nitrogen and oxygen atoms in total. The second kappa shape index (κ2) is 6.56. The number of rotatable bonds is 5. The van der Waals surface area contributed by atoms with E-state index in [-0.39, 0.29) is 17.1 Å².